The van der Waals surface area contributed by atoms with E-state index in [1.807, 2.05) is 30.0 Å². The zero-order valence-electron chi connectivity index (χ0n) is 11.9. The minimum absolute atomic E-state index is 0.0225. The van der Waals surface area contributed by atoms with Crippen LogP contribution in [0.3, 0.4) is 0 Å². The number of nitrogens with zero attached hydrogens (tertiary/aromatic N) is 1. The summed E-state index contributed by atoms with van der Waals surface area (Å²) in [4.78, 5) is 25.3. The van der Waals surface area contributed by atoms with Crippen LogP contribution in [0.2, 0.25) is 0 Å². The number of nitrogens with one attached hydrogen (secondary N) is 1. The number of hydrogen-bond donors (Lipinski definition) is 1. The van der Waals surface area contributed by atoms with Gasteiger partial charge in [-0.25, -0.2) is 0 Å². The van der Waals surface area contributed by atoms with Gasteiger partial charge < -0.3 is 15.0 Å². The van der Waals surface area contributed by atoms with E-state index >= 15 is 0 Å². The molecule has 1 aliphatic rings. The molecule has 20 heavy (non-hydrogen) atoms. The average Bonchev–Trinajstić information content (AvgIpc) is 2.46. The van der Waals surface area contributed by atoms with Crippen LogP contribution in [0.4, 0.5) is 11.4 Å². The average molecular weight is 276 g/mol. The van der Waals surface area contributed by atoms with Crippen LogP contribution in [0.15, 0.2) is 18.2 Å². The molecule has 0 unspecified atom stereocenters. The molecule has 1 aromatic rings. The summed E-state index contributed by atoms with van der Waals surface area (Å²) < 4.78 is 4.79. The zero-order chi connectivity index (χ0) is 14.5. The third-order valence-electron chi connectivity index (χ3n) is 3.37. The van der Waals surface area contributed by atoms with Crippen molar-refractivity contribution in [3.63, 3.8) is 0 Å². The lowest BCUT2D eigenvalue weighted by molar-refractivity contribution is -0.120. The number of amides is 2. The lowest BCUT2D eigenvalue weighted by atomic mass is 10.0. The number of hydrogen-bond acceptors (Lipinski definition) is 3. The monoisotopic (exact) mass is 276 g/mol. The largest absolute Gasteiger partial charge is 0.375 e. The van der Waals surface area contributed by atoms with Gasteiger partial charge in [0.1, 0.15) is 6.61 Å². The van der Waals surface area contributed by atoms with E-state index in [1.165, 1.54) is 7.11 Å². The van der Waals surface area contributed by atoms with Crippen molar-refractivity contribution < 1.29 is 14.3 Å². The van der Waals surface area contributed by atoms with Crippen LogP contribution >= 0.6 is 0 Å². The van der Waals surface area contributed by atoms with Crippen molar-refractivity contribution in [1.29, 1.82) is 0 Å². The Morgan fingerprint density at radius 2 is 2.20 bits per heavy atom. The molecule has 0 radical (unpaired) electrons. The van der Waals surface area contributed by atoms with Gasteiger partial charge in [0.2, 0.25) is 11.8 Å². The molecular formula is C15H20N2O3. The molecule has 5 nitrogen and oxygen atoms in total. The van der Waals surface area contributed by atoms with Crippen molar-refractivity contribution in [3.8, 4) is 0 Å². The fourth-order valence-electron chi connectivity index (χ4n) is 2.43. The Hall–Kier alpha value is -1.88. The molecule has 0 saturated heterocycles. The second-order valence-corrected chi connectivity index (χ2v) is 4.83. The molecule has 1 heterocycles. The van der Waals surface area contributed by atoms with Gasteiger partial charge in [-0.2, -0.15) is 0 Å². The van der Waals surface area contributed by atoms with E-state index < -0.39 is 0 Å². The molecule has 108 valence electrons. The number of benzene rings is 1. The lowest BCUT2D eigenvalue weighted by Crippen LogP contribution is -2.35. The van der Waals surface area contributed by atoms with E-state index in [2.05, 4.69) is 5.32 Å². The van der Waals surface area contributed by atoms with Gasteiger partial charge in [-0.05, 0) is 30.5 Å². The van der Waals surface area contributed by atoms with Crippen molar-refractivity contribution in [3.05, 3.63) is 23.8 Å². The number of carbonyl (C=O) groups is 2. The second-order valence-electron chi connectivity index (χ2n) is 4.83. The van der Waals surface area contributed by atoms with Crippen LogP contribution in [0, 0.1) is 0 Å². The van der Waals surface area contributed by atoms with E-state index in [4.69, 9.17) is 4.74 Å². The molecule has 1 aliphatic heterocycles. The maximum absolute atomic E-state index is 12.0. The number of anilines is 2. The molecule has 2 amide bonds. The number of ether oxygens (including phenoxy) is 1. The third kappa shape index (κ3) is 3.17. The first-order chi connectivity index (χ1) is 9.65. The number of rotatable bonds is 4. The van der Waals surface area contributed by atoms with Crippen LogP contribution in [-0.2, 0) is 20.7 Å². The molecule has 2 rings (SSSR count). The van der Waals surface area contributed by atoms with E-state index in [0.717, 1.165) is 30.6 Å². The van der Waals surface area contributed by atoms with Crippen molar-refractivity contribution in [2.45, 2.75) is 26.2 Å². The Morgan fingerprint density at radius 3 is 2.90 bits per heavy atom. The van der Waals surface area contributed by atoms with Crippen molar-refractivity contribution >= 4 is 23.2 Å². The molecular weight excluding hydrogens is 256 g/mol. The highest BCUT2D eigenvalue weighted by atomic mass is 16.5. The summed E-state index contributed by atoms with van der Waals surface area (Å²) >= 11 is 0. The lowest BCUT2D eigenvalue weighted by Gasteiger charge is -2.29. The second kappa shape index (κ2) is 6.52. The summed E-state index contributed by atoms with van der Waals surface area (Å²) in [6.45, 7) is 2.63. The van der Waals surface area contributed by atoms with E-state index in [0.29, 0.717) is 12.1 Å². The van der Waals surface area contributed by atoms with Gasteiger partial charge in [0.15, 0.2) is 0 Å². The van der Waals surface area contributed by atoms with Crippen molar-refractivity contribution in [1.82, 2.24) is 0 Å². The predicted octanol–water partition coefficient (Wildman–Crippen LogP) is 1.96. The highest BCUT2D eigenvalue weighted by molar-refractivity contribution is 5.97. The summed E-state index contributed by atoms with van der Waals surface area (Å²) in [5, 5.41) is 2.77. The topological polar surface area (TPSA) is 58.6 Å². The number of fused-ring (bicyclic) bond motifs is 1. The van der Waals surface area contributed by atoms with Gasteiger partial charge in [-0.3, -0.25) is 9.59 Å². The summed E-state index contributed by atoms with van der Waals surface area (Å²) in [7, 11) is 1.48. The van der Waals surface area contributed by atoms with E-state index in [-0.39, 0.29) is 18.4 Å². The van der Waals surface area contributed by atoms with Gasteiger partial charge in [0.25, 0.3) is 0 Å². The SMILES string of the molecule is CCC(=O)N1CCCc2ccc(NC(=O)COC)cc21. The quantitative estimate of drug-likeness (QED) is 0.914. The normalized spacial score (nSPS) is 13.8. The van der Waals surface area contributed by atoms with Crippen LogP contribution in [-0.4, -0.2) is 32.1 Å². The van der Waals surface area contributed by atoms with Crippen LogP contribution in [0.25, 0.3) is 0 Å². The minimum atomic E-state index is -0.198. The molecule has 1 N–H and O–H groups in total. The maximum Gasteiger partial charge on any atom is 0.250 e. The minimum Gasteiger partial charge on any atom is -0.375 e. The fraction of sp³-hybridized carbons (Fsp3) is 0.467. The highest BCUT2D eigenvalue weighted by Gasteiger charge is 2.21. The molecule has 0 saturated carbocycles. The van der Waals surface area contributed by atoms with Crippen LogP contribution in [0.5, 0.6) is 0 Å². The summed E-state index contributed by atoms with van der Waals surface area (Å²) in [6.07, 6.45) is 2.43. The van der Waals surface area contributed by atoms with Gasteiger partial charge in [-0.15, -0.1) is 0 Å². The zero-order valence-corrected chi connectivity index (χ0v) is 11.9. The first kappa shape index (κ1) is 14.5. The Morgan fingerprint density at radius 1 is 1.40 bits per heavy atom. The Labute approximate surface area is 118 Å². The Balaban J connectivity index is 2.23. The molecule has 0 aliphatic carbocycles. The van der Waals surface area contributed by atoms with Crippen LogP contribution < -0.4 is 10.2 Å². The van der Waals surface area contributed by atoms with Gasteiger partial charge in [0, 0.05) is 31.5 Å². The standard InChI is InChI=1S/C15H20N2O3/c1-3-15(19)17-8-4-5-11-6-7-12(9-13(11)17)16-14(18)10-20-2/h6-7,9H,3-5,8,10H2,1-2H3,(H,16,18). The first-order valence-electron chi connectivity index (χ1n) is 6.87. The first-order valence-corrected chi connectivity index (χ1v) is 6.87. The van der Waals surface area contributed by atoms with Gasteiger partial charge in [0.05, 0.1) is 0 Å². The number of aryl methyl sites for hydroxylation is 1. The van der Waals surface area contributed by atoms with E-state index in [9.17, 15) is 9.59 Å². The number of carbonyl (C=O) groups excluding carboxylic acids is 2. The highest BCUT2D eigenvalue weighted by Crippen LogP contribution is 2.30. The van der Waals surface area contributed by atoms with E-state index in [1.54, 1.807) is 0 Å². The summed E-state index contributed by atoms with van der Waals surface area (Å²) in [5.74, 6) is -0.0806. The van der Waals surface area contributed by atoms with Gasteiger partial charge >= 0.3 is 0 Å². The predicted molar refractivity (Wildman–Crippen MR) is 77.9 cm³/mol. The maximum atomic E-state index is 12.0. The van der Waals surface area contributed by atoms with Crippen LogP contribution in [0.1, 0.15) is 25.3 Å². The molecule has 0 spiro atoms. The third-order valence-corrected chi connectivity index (χ3v) is 3.37. The Bertz CT molecular complexity index is 514. The molecule has 0 bridgehead atoms. The molecule has 0 aromatic heterocycles. The molecule has 0 fully saturated rings. The summed E-state index contributed by atoms with van der Waals surface area (Å²) in [5.41, 5.74) is 2.77. The molecule has 5 heteroatoms. The number of methoxy groups -OCH3 is 1. The Kier molecular flexibility index (Phi) is 4.74. The molecule has 1 aromatic carbocycles. The smallest absolute Gasteiger partial charge is 0.250 e. The van der Waals surface area contributed by atoms with Crippen molar-refractivity contribution in [2.75, 3.05) is 30.5 Å². The summed E-state index contributed by atoms with van der Waals surface area (Å²) in [6, 6.07) is 5.72. The fourth-order valence-corrected chi connectivity index (χ4v) is 2.43. The van der Waals surface area contributed by atoms with Gasteiger partial charge in [-0.1, -0.05) is 13.0 Å². The molecule has 0 atom stereocenters. The van der Waals surface area contributed by atoms with Crippen molar-refractivity contribution in [2.24, 2.45) is 0 Å².